The van der Waals surface area contributed by atoms with E-state index >= 15 is 0 Å². The number of fused-ring (bicyclic) bond motifs is 1. The first-order valence-electron chi connectivity index (χ1n) is 10.4. The Morgan fingerprint density at radius 1 is 1.06 bits per heavy atom. The van der Waals surface area contributed by atoms with E-state index in [1.54, 1.807) is 43.5 Å². The van der Waals surface area contributed by atoms with Crippen molar-refractivity contribution >= 4 is 34.2 Å². The SMILES string of the molecule is CCc1ccccc1NC(=O)COc1c(-c2ccc(OC)cc2)oc2ccc(Cl)cc2c1=O. The van der Waals surface area contributed by atoms with Gasteiger partial charge in [-0.3, -0.25) is 9.59 Å². The molecule has 1 aromatic heterocycles. The number of ether oxygens (including phenoxy) is 2. The lowest BCUT2D eigenvalue weighted by Gasteiger charge is -2.13. The Labute approximate surface area is 195 Å². The molecule has 0 atom stereocenters. The summed E-state index contributed by atoms with van der Waals surface area (Å²) in [6.07, 6.45) is 0.772. The van der Waals surface area contributed by atoms with Gasteiger partial charge in [-0.2, -0.15) is 0 Å². The van der Waals surface area contributed by atoms with E-state index in [0.717, 1.165) is 12.0 Å². The third-order valence-corrected chi connectivity index (χ3v) is 5.42. The van der Waals surface area contributed by atoms with Gasteiger partial charge in [0.1, 0.15) is 11.3 Å². The first-order valence-corrected chi connectivity index (χ1v) is 10.8. The Morgan fingerprint density at radius 2 is 1.82 bits per heavy atom. The van der Waals surface area contributed by atoms with Crippen LogP contribution in [0.4, 0.5) is 5.69 Å². The van der Waals surface area contributed by atoms with E-state index in [0.29, 0.717) is 27.6 Å². The van der Waals surface area contributed by atoms with E-state index in [1.807, 2.05) is 31.2 Å². The van der Waals surface area contributed by atoms with Crippen molar-refractivity contribution in [1.82, 2.24) is 0 Å². The minimum Gasteiger partial charge on any atom is -0.497 e. The molecule has 4 aromatic rings. The number of halogens is 1. The number of nitrogens with one attached hydrogen (secondary N) is 1. The monoisotopic (exact) mass is 463 g/mol. The summed E-state index contributed by atoms with van der Waals surface area (Å²) in [6, 6.07) is 19.3. The fourth-order valence-electron chi connectivity index (χ4n) is 3.49. The van der Waals surface area contributed by atoms with Gasteiger partial charge in [0, 0.05) is 16.3 Å². The maximum atomic E-state index is 13.3. The van der Waals surface area contributed by atoms with E-state index in [1.165, 1.54) is 6.07 Å². The average Bonchev–Trinajstić information content (AvgIpc) is 2.84. The second kappa shape index (κ2) is 9.79. The molecule has 33 heavy (non-hydrogen) atoms. The number of hydrogen-bond acceptors (Lipinski definition) is 5. The highest BCUT2D eigenvalue weighted by Gasteiger charge is 2.19. The number of anilines is 1. The molecule has 0 unspecified atom stereocenters. The minimum atomic E-state index is -0.411. The lowest BCUT2D eigenvalue weighted by Crippen LogP contribution is -2.23. The number of carbonyl (C=O) groups excluding carboxylic acids is 1. The van der Waals surface area contributed by atoms with Gasteiger partial charge in [0.05, 0.1) is 12.5 Å². The highest BCUT2D eigenvalue weighted by molar-refractivity contribution is 6.31. The molecule has 0 bridgehead atoms. The van der Waals surface area contributed by atoms with Gasteiger partial charge in [-0.1, -0.05) is 36.7 Å². The van der Waals surface area contributed by atoms with Crippen LogP contribution in [0.2, 0.25) is 5.02 Å². The van der Waals surface area contributed by atoms with Crippen LogP contribution in [0.25, 0.3) is 22.3 Å². The molecule has 4 rings (SSSR count). The molecule has 0 spiro atoms. The van der Waals surface area contributed by atoms with Crippen molar-refractivity contribution < 1.29 is 18.7 Å². The van der Waals surface area contributed by atoms with E-state index in [2.05, 4.69) is 5.32 Å². The summed E-state index contributed by atoms with van der Waals surface area (Å²) in [5.41, 5.74) is 2.28. The van der Waals surface area contributed by atoms with Gasteiger partial charge in [-0.15, -0.1) is 0 Å². The molecular formula is C26H22ClNO5. The highest BCUT2D eigenvalue weighted by atomic mass is 35.5. The van der Waals surface area contributed by atoms with Crippen molar-refractivity contribution in [3.05, 3.63) is 87.5 Å². The Hall–Kier alpha value is -3.77. The molecule has 1 N–H and O–H groups in total. The van der Waals surface area contributed by atoms with Gasteiger partial charge >= 0.3 is 0 Å². The van der Waals surface area contributed by atoms with Crippen LogP contribution in [-0.4, -0.2) is 19.6 Å². The predicted molar refractivity (Wildman–Crippen MR) is 129 cm³/mol. The Bertz CT molecular complexity index is 1360. The van der Waals surface area contributed by atoms with Crippen LogP contribution < -0.4 is 20.2 Å². The lowest BCUT2D eigenvalue weighted by molar-refractivity contribution is -0.118. The molecular weight excluding hydrogens is 442 g/mol. The number of rotatable bonds is 7. The van der Waals surface area contributed by atoms with Crippen LogP contribution >= 0.6 is 11.6 Å². The number of para-hydroxylation sites is 1. The van der Waals surface area contributed by atoms with Gasteiger partial charge in [0.15, 0.2) is 12.4 Å². The van der Waals surface area contributed by atoms with E-state index in [-0.39, 0.29) is 29.4 Å². The zero-order chi connectivity index (χ0) is 23.4. The van der Waals surface area contributed by atoms with Gasteiger partial charge in [-0.05, 0) is 60.5 Å². The summed E-state index contributed by atoms with van der Waals surface area (Å²) in [4.78, 5) is 25.9. The quantitative estimate of drug-likeness (QED) is 0.380. The minimum absolute atomic E-state index is 0.0612. The lowest BCUT2D eigenvalue weighted by atomic mass is 10.1. The van der Waals surface area contributed by atoms with Crippen molar-refractivity contribution in [2.45, 2.75) is 13.3 Å². The van der Waals surface area contributed by atoms with E-state index in [4.69, 9.17) is 25.5 Å². The second-order valence-corrected chi connectivity index (χ2v) is 7.74. The van der Waals surface area contributed by atoms with Crippen LogP contribution in [0.3, 0.4) is 0 Å². The van der Waals surface area contributed by atoms with Gasteiger partial charge < -0.3 is 19.2 Å². The first-order chi connectivity index (χ1) is 16.0. The smallest absolute Gasteiger partial charge is 0.262 e. The number of aryl methyl sites for hydroxylation is 1. The van der Waals surface area contributed by atoms with Crippen LogP contribution in [0, 0.1) is 0 Å². The zero-order valence-electron chi connectivity index (χ0n) is 18.2. The third-order valence-electron chi connectivity index (χ3n) is 5.18. The topological polar surface area (TPSA) is 77.8 Å². The van der Waals surface area contributed by atoms with Crippen LogP contribution in [0.5, 0.6) is 11.5 Å². The fraction of sp³-hybridized carbons (Fsp3) is 0.154. The van der Waals surface area contributed by atoms with Crippen molar-refractivity contribution in [2.24, 2.45) is 0 Å². The maximum Gasteiger partial charge on any atom is 0.262 e. The number of amides is 1. The normalized spacial score (nSPS) is 10.8. The van der Waals surface area contributed by atoms with Gasteiger partial charge in [-0.25, -0.2) is 0 Å². The van der Waals surface area contributed by atoms with Gasteiger partial charge in [0.25, 0.3) is 5.91 Å². The van der Waals surface area contributed by atoms with E-state index in [9.17, 15) is 9.59 Å². The van der Waals surface area contributed by atoms with Crippen LogP contribution in [0.15, 0.2) is 75.9 Å². The van der Waals surface area contributed by atoms with Crippen LogP contribution in [-0.2, 0) is 11.2 Å². The maximum absolute atomic E-state index is 13.3. The largest absolute Gasteiger partial charge is 0.497 e. The summed E-state index contributed by atoms with van der Waals surface area (Å²) in [7, 11) is 1.57. The average molecular weight is 464 g/mol. The Morgan fingerprint density at radius 3 is 2.55 bits per heavy atom. The van der Waals surface area contributed by atoms with Crippen molar-refractivity contribution in [3.8, 4) is 22.8 Å². The molecule has 6 nitrogen and oxygen atoms in total. The molecule has 0 aliphatic carbocycles. The second-order valence-electron chi connectivity index (χ2n) is 7.31. The summed E-state index contributed by atoms with van der Waals surface area (Å²) in [5.74, 6) is 0.431. The molecule has 0 aliphatic heterocycles. The Balaban J connectivity index is 1.69. The summed E-state index contributed by atoms with van der Waals surface area (Å²) in [6.45, 7) is 1.64. The number of benzene rings is 3. The fourth-order valence-corrected chi connectivity index (χ4v) is 3.66. The highest BCUT2D eigenvalue weighted by Crippen LogP contribution is 2.32. The molecule has 0 radical (unpaired) electrons. The standard InChI is InChI=1S/C26H22ClNO5/c1-3-16-6-4-5-7-21(16)28-23(29)15-32-26-24(30)20-14-18(27)10-13-22(20)33-25(26)17-8-11-19(31-2)12-9-17/h4-14H,3,15H2,1-2H3,(H,28,29). The third kappa shape index (κ3) is 4.86. The molecule has 7 heteroatoms. The summed E-state index contributed by atoms with van der Waals surface area (Å²) < 4.78 is 17.0. The molecule has 3 aromatic carbocycles. The van der Waals surface area contributed by atoms with Crippen molar-refractivity contribution in [1.29, 1.82) is 0 Å². The van der Waals surface area contributed by atoms with Crippen LogP contribution in [0.1, 0.15) is 12.5 Å². The zero-order valence-corrected chi connectivity index (χ0v) is 18.9. The van der Waals surface area contributed by atoms with Crippen molar-refractivity contribution in [3.63, 3.8) is 0 Å². The van der Waals surface area contributed by atoms with Gasteiger partial charge in [0.2, 0.25) is 11.2 Å². The molecule has 0 fully saturated rings. The van der Waals surface area contributed by atoms with E-state index < -0.39 is 5.43 Å². The molecule has 168 valence electrons. The molecule has 0 aliphatic rings. The van der Waals surface area contributed by atoms with Crippen molar-refractivity contribution in [2.75, 3.05) is 19.0 Å². The molecule has 1 amide bonds. The Kier molecular flexibility index (Phi) is 6.66. The number of methoxy groups -OCH3 is 1. The molecule has 1 heterocycles. The predicted octanol–water partition coefficient (Wildman–Crippen LogP) is 5.70. The summed E-state index contributed by atoms with van der Waals surface area (Å²) in [5, 5.41) is 3.50. The first kappa shape index (κ1) is 22.4. The molecule has 0 saturated carbocycles. The molecule has 0 saturated heterocycles. The number of carbonyl (C=O) groups is 1. The summed E-state index contributed by atoms with van der Waals surface area (Å²) >= 11 is 6.08. The number of hydrogen-bond donors (Lipinski definition) is 1.